The lowest BCUT2D eigenvalue weighted by atomic mass is 10.0. The molecule has 3 heteroatoms. The topological polar surface area (TPSA) is 34.1 Å². The molecule has 0 N–H and O–H groups in total. The molecule has 0 radical (unpaired) electrons. The van der Waals surface area contributed by atoms with E-state index in [0.717, 1.165) is 18.6 Å². The van der Waals surface area contributed by atoms with E-state index in [4.69, 9.17) is 0 Å². The molecule has 0 aromatic rings. The van der Waals surface area contributed by atoms with Crippen LogP contribution in [0.5, 0.6) is 0 Å². The lowest BCUT2D eigenvalue weighted by Crippen LogP contribution is -2.19. The fraction of sp³-hybridized carbons (Fsp3) is 0.636. The number of unbranched alkanes of at least 4 members (excludes halogenated alkanes) is 1. The second kappa shape index (κ2) is 7.80. The summed E-state index contributed by atoms with van der Waals surface area (Å²) in [6, 6.07) is 0. The number of hydrogen-bond donors (Lipinski definition) is 0. The van der Waals surface area contributed by atoms with E-state index in [1.54, 1.807) is 6.08 Å². The van der Waals surface area contributed by atoms with Crippen LogP contribution in [0, 0.1) is 5.92 Å². The Morgan fingerprint density at radius 3 is 2.57 bits per heavy atom. The van der Waals surface area contributed by atoms with Crippen molar-refractivity contribution in [1.82, 2.24) is 0 Å². The van der Waals surface area contributed by atoms with Crippen LogP contribution in [0.25, 0.3) is 0 Å². The molecule has 14 heavy (non-hydrogen) atoms. The predicted molar refractivity (Wildman–Crippen MR) is 61.4 cm³/mol. The van der Waals surface area contributed by atoms with E-state index in [2.05, 4.69) is 13.5 Å². The molecule has 0 aliphatic rings. The number of allylic oxidation sites excluding steroid dienone is 1. The SMILES string of the molecule is C=CC[C@H](C(C)=O)C(=O)SCCCC. The smallest absolute Gasteiger partial charge is 0.199 e. The van der Waals surface area contributed by atoms with Crippen molar-refractivity contribution >= 4 is 22.7 Å². The monoisotopic (exact) mass is 214 g/mol. The number of Topliss-reactive ketones (excluding diaryl/α,β-unsaturated/α-hetero) is 1. The molecule has 80 valence electrons. The van der Waals surface area contributed by atoms with Gasteiger partial charge in [-0.05, 0) is 19.8 Å². The number of thioether (sulfide) groups is 1. The Morgan fingerprint density at radius 2 is 2.14 bits per heavy atom. The number of carbonyl (C=O) groups is 2. The van der Waals surface area contributed by atoms with E-state index in [1.165, 1.54) is 18.7 Å². The van der Waals surface area contributed by atoms with Crippen LogP contribution in [0.15, 0.2) is 12.7 Å². The predicted octanol–water partition coefficient (Wildman–Crippen LogP) is 2.83. The van der Waals surface area contributed by atoms with Crippen LogP contribution in [-0.2, 0) is 9.59 Å². The van der Waals surface area contributed by atoms with Crippen LogP contribution in [0.4, 0.5) is 0 Å². The number of ketones is 1. The lowest BCUT2D eigenvalue weighted by Gasteiger charge is -2.08. The van der Waals surface area contributed by atoms with Gasteiger partial charge in [0, 0.05) is 5.75 Å². The van der Waals surface area contributed by atoms with E-state index >= 15 is 0 Å². The lowest BCUT2D eigenvalue weighted by molar-refractivity contribution is -0.126. The molecule has 2 nitrogen and oxygen atoms in total. The van der Waals surface area contributed by atoms with Gasteiger partial charge in [0.2, 0.25) is 0 Å². The first-order chi connectivity index (χ1) is 6.63. The maximum atomic E-state index is 11.5. The Morgan fingerprint density at radius 1 is 1.50 bits per heavy atom. The molecule has 0 heterocycles. The van der Waals surface area contributed by atoms with Crippen molar-refractivity contribution in [2.24, 2.45) is 5.92 Å². The van der Waals surface area contributed by atoms with Crippen molar-refractivity contribution in [3.05, 3.63) is 12.7 Å². The fourth-order valence-corrected chi connectivity index (χ4v) is 2.11. The van der Waals surface area contributed by atoms with E-state index < -0.39 is 5.92 Å². The molecule has 0 rings (SSSR count). The molecule has 0 aromatic carbocycles. The zero-order valence-corrected chi connectivity index (χ0v) is 9.73. The van der Waals surface area contributed by atoms with Gasteiger partial charge in [-0.15, -0.1) is 6.58 Å². The Hall–Kier alpha value is -0.570. The molecule has 0 bridgehead atoms. The van der Waals surface area contributed by atoms with Crippen molar-refractivity contribution in [3.8, 4) is 0 Å². The second-order valence-corrected chi connectivity index (χ2v) is 4.31. The maximum absolute atomic E-state index is 11.5. The summed E-state index contributed by atoms with van der Waals surface area (Å²) in [6.45, 7) is 7.09. The highest BCUT2D eigenvalue weighted by molar-refractivity contribution is 8.13. The largest absolute Gasteiger partial charge is 0.299 e. The Kier molecular flexibility index (Phi) is 7.48. The molecule has 0 aliphatic heterocycles. The van der Waals surface area contributed by atoms with Crippen molar-refractivity contribution in [3.63, 3.8) is 0 Å². The first-order valence-corrected chi connectivity index (χ1v) is 5.90. The molecular weight excluding hydrogens is 196 g/mol. The summed E-state index contributed by atoms with van der Waals surface area (Å²) in [5.74, 6) is 0.282. The zero-order valence-electron chi connectivity index (χ0n) is 8.91. The Labute approximate surface area is 90.1 Å². The average molecular weight is 214 g/mol. The van der Waals surface area contributed by atoms with Gasteiger partial charge in [0.25, 0.3) is 0 Å². The van der Waals surface area contributed by atoms with E-state index in [9.17, 15) is 9.59 Å². The quantitative estimate of drug-likeness (QED) is 0.371. The summed E-state index contributed by atoms with van der Waals surface area (Å²) in [7, 11) is 0. The van der Waals surface area contributed by atoms with E-state index in [1.807, 2.05) is 0 Å². The van der Waals surface area contributed by atoms with Gasteiger partial charge in [-0.1, -0.05) is 31.2 Å². The fourth-order valence-electron chi connectivity index (χ4n) is 1.01. The summed E-state index contributed by atoms with van der Waals surface area (Å²) >= 11 is 1.27. The molecule has 1 atom stereocenters. The molecule has 0 saturated carbocycles. The minimum Gasteiger partial charge on any atom is -0.299 e. The van der Waals surface area contributed by atoms with Crippen LogP contribution in [-0.4, -0.2) is 16.7 Å². The zero-order chi connectivity index (χ0) is 11.0. The van der Waals surface area contributed by atoms with Crippen LogP contribution in [0.1, 0.15) is 33.1 Å². The molecule has 0 aliphatic carbocycles. The minimum atomic E-state index is -0.477. The molecule has 0 saturated heterocycles. The third kappa shape index (κ3) is 5.22. The van der Waals surface area contributed by atoms with Crippen molar-refractivity contribution in [2.75, 3.05) is 5.75 Å². The van der Waals surface area contributed by atoms with Gasteiger partial charge >= 0.3 is 0 Å². The molecular formula is C11H18O2S. The maximum Gasteiger partial charge on any atom is 0.199 e. The normalized spacial score (nSPS) is 12.1. The highest BCUT2D eigenvalue weighted by atomic mass is 32.2. The van der Waals surface area contributed by atoms with Gasteiger partial charge < -0.3 is 0 Å². The summed E-state index contributed by atoms with van der Waals surface area (Å²) in [4.78, 5) is 22.7. The molecule has 0 aromatic heterocycles. The van der Waals surface area contributed by atoms with Crippen molar-refractivity contribution < 1.29 is 9.59 Å². The van der Waals surface area contributed by atoms with E-state index in [0.29, 0.717) is 6.42 Å². The second-order valence-electron chi connectivity index (χ2n) is 3.21. The van der Waals surface area contributed by atoms with Gasteiger partial charge in [-0.25, -0.2) is 0 Å². The number of rotatable bonds is 7. The number of carbonyl (C=O) groups excluding carboxylic acids is 2. The highest BCUT2D eigenvalue weighted by Gasteiger charge is 2.21. The highest BCUT2D eigenvalue weighted by Crippen LogP contribution is 2.17. The minimum absolute atomic E-state index is 0.00847. The molecule has 0 fully saturated rings. The molecule has 0 amide bonds. The van der Waals surface area contributed by atoms with Gasteiger partial charge in [-0.2, -0.15) is 0 Å². The Bertz CT molecular complexity index is 211. The summed E-state index contributed by atoms with van der Waals surface area (Å²) < 4.78 is 0. The van der Waals surface area contributed by atoms with Gasteiger partial charge in [0.05, 0.1) is 5.92 Å². The van der Waals surface area contributed by atoms with Crippen LogP contribution in [0.2, 0.25) is 0 Å². The van der Waals surface area contributed by atoms with Crippen molar-refractivity contribution in [2.45, 2.75) is 33.1 Å². The third-order valence-corrected chi connectivity index (χ3v) is 2.98. The van der Waals surface area contributed by atoms with Crippen LogP contribution >= 0.6 is 11.8 Å². The van der Waals surface area contributed by atoms with Crippen molar-refractivity contribution in [1.29, 1.82) is 0 Å². The number of hydrogen-bond acceptors (Lipinski definition) is 3. The van der Waals surface area contributed by atoms with Crippen LogP contribution in [0.3, 0.4) is 0 Å². The molecule has 0 unspecified atom stereocenters. The average Bonchev–Trinajstić information content (AvgIpc) is 2.13. The van der Waals surface area contributed by atoms with Gasteiger partial charge in [0.15, 0.2) is 5.12 Å². The third-order valence-electron chi connectivity index (χ3n) is 1.92. The summed E-state index contributed by atoms with van der Waals surface area (Å²) in [6.07, 6.45) is 4.19. The van der Waals surface area contributed by atoms with E-state index in [-0.39, 0.29) is 10.9 Å². The molecule has 0 spiro atoms. The first kappa shape index (κ1) is 13.4. The van der Waals surface area contributed by atoms with Gasteiger partial charge in [-0.3, -0.25) is 9.59 Å². The van der Waals surface area contributed by atoms with Crippen LogP contribution < -0.4 is 0 Å². The Balaban J connectivity index is 4.02. The summed E-state index contributed by atoms with van der Waals surface area (Å²) in [5, 5.41) is -0.00847. The standard InChI is InChI=1S/C11H18O2S/c1-4-6-8-14-11(13)10(7-5-2)9(3)12/h5,10H,2,4,6-8H2,1,3H3/t10-/m1/s1. The first-order valence-electron chi connectivity index (χ1n) is 4.91. The summed E-state index contributed by atoms with van der Waals surface area (Å²) in [5.41, 5.74) is 0. The van der Waals surface area contributed by atoms with Gasteiger partial charge in [0.1, 0.15) is 5.78 Å².